The second-order valence-corrected chi connectivity index (χ2v) is 5.35. The first kappa shape index (κ1) is 11.8. The van der Waals surface area contributed by atoms with Crippen molar-refractivity contribution in [2.45, 2.75) is 6.54 Å². The zero-order valence-corrected chi connectivity index (χ0v) is 11.7. The van der Waals surface area contributed by atoms with Gasteiger partial charge in [0.25, 0.3) is 0 Å². The largest absolute Gasteiger partial charge is 0.331 e. The van der Waals surface area contributed by atoms with Gasteiger partial charge in [-0.25, -0.2) is 0 Å². The van der Waals surface area contributed by atoms with E-state index in [0.717, 1.165) is 33.4 Å². The van der Waals surface area contributed by atoms with Crippen LogP contribution in [0.15, 0.2) is 22.7 Å². The van der Waals surface area contributed by atoms with Crippen LogP contribution in [0.25, 0.3) is 11.0 Å². The molecule has 0 amide bonds. The Hall–Kier alpha value is -0.650. The van der Waals surface area contributed by atoms with Crippen molar-refractivity contribution in [3.63, 3.8) is 0 Å². The number of hydrogen-bond acceptors (Lipinski definition) is 2. The van der Waals surface area contributed by atoms with E-state index in [-0.39, 0.29) is 0 Å². The van der Waals surface area contributed by atoms with Crippen molar-refractivity contribution in [3.8, 4) is 0 Å². The topological polar surface area (TPSA) is 24.0 Å². The summed E-state index contributed by atoms with van der Waals surface area (Å²) < 4.78 is 3.99. The smallest absolute Gasteiger partial charge is 0.178 e. The van der Waals surface area contributed by atoms with E-state index >= 15 is 0 Å². The Morgan fingerprint density at radius 1 is 1.44 bits per heavy atom. The van der Waals surface area contributed by atoms with Gasteiger partial charge < -0.3 is 14.5 Å². The molecule has 0 fully saturated rings. The Morgan fingerprint density at radius 2 is 2.19 bits per heavy atom. The molecular formula is C11H14BrN3S. The van der Waals surface area contributed by atoms with Crippen LogP contribution in [0.1, 0.15) is 0 Å². The van der Waals surface area contributed by atoms with E-state index in [1.54, 1.807) is 0 Å². The number of aromatic amines is 1. The van der Waals surface area contributed by atoms with Crippen molar-refractivity contribution in [2.24, 2.45) is 0 Å². The maximum Gasteiger partial charge on any atom is 0.178 e. The van der Waals surface area contributed by atoms with Gasteiger partial charge in [0.2, 0.25) is 0 Å². The molecule has 16 heavy (non-hydrogen) atoms. The zero-order chi connectivity index (χ0) is 11.7. The minimum absolute atomic E-state index is 0.787. The molecule has 0 aliphatic heterocycles. The lowest BCUT2D eigenvalue weighted by Gasteiger charge is -2.10. The first-order valence-electron chi connectivity index (χ1n) is 5.11. The first-order valence-corrected chi connectivity index (χ1v) is 6.31. The Labute approximate surface area is 108 Å². The molecule has 2 aromatic rings. The summed E-state index contributed by atoms with van der Waals surface area (Å²) in [5.41, 5.74) is 2.24. The minimum Gasteiger partial charge on any atom is -0.331 e. The molecule has 0 saturated heterocycles. The van der Waals surface area contributed by atoms with E-state index in [0.29, 0.717) is 0 Å². The van der Waals surface area contributed by atoms with Crippen LogP contribution in [0.4, 0.5) is 0 Å². The van der Waals surface area contributed by atoms with Gasteiger partial charge in [-0.05, 0) is 44.5 Å². The number of benzene rings is 1. The maximum absolute atomic E-state index is 5.32. The van der Waals surface area contributed by atoms with E-state index in [1.165, 1.54) is 0 Å². The number of aromatic nitrogens is 2. The van der Waals surface area contributed by atoms with Gasteiger partial charge in [0.15, 0.2) is 4.77 Å². The van der Waals surface area contributed by atoms with Crippen LogP contribution in [0.3, 0.4) is 0 Å². The number of rotatable bonds is 3. The molecule has 0 atom stereocenters. The molecule has 1 heterocycles. The normalized spacial score (nSPS) is 11.5. The Bertz CT molecular complexity index is 556. The summed E-state index contributed by atoms with van der Waals surface area (Å²) in [6, 6.07) is 6.18. The Morgan fingerprint density at radius 3 is 2.88 bits per heavy atom. The minimum atomic E-state index is 0.787. The lowest BCUT2D eigenvalue weighted by atomic mass is 10.3. The lowest BCUT2D eigenvalue weighted by Crippen LogP contribution is -2.18. The van der Waals surface area contributed by atoms with Gasteiger partial charge in [-0.15, -0.1) is 0 Å². The fraction of sp³-hybridized carbons (Fsp3) is 0.364. The third-order valence-corrected chi connectivity index (χ3v) is 3.32. The van der Waals surface area contributed by atoms with Crippen LogP contribution in [-0.4, -0.2) is 35.1 Å². The third kappa shape index (κ3) is 2.36. The number of halogens is 1. The van der Waals surface area contributed by atoms with Crippen molar-refractivity contribution in [2.75, 3.05) is 20.6 Å². The summed E-state index contributed by atoms with van der Waals surface area (Å²) in [6.45, 7) is 1.89. The summed E-state index contributed by atoms with van der Waals surface area (Å²) in [6.07, 6.45) is 0. The second-order valence-electron chi connectivity index (χ2n) is 4.05. The second kappa shape index (κ2) is 4.69. The summed E-state index contributed by atoms with van der Waals surface area (Å²) in [5.74, 6) is 0. The lowest BCUT2D eigenvalue weighted by molar-refractivity contribution is 0.385. The van der Waals surface area contributed by atoms with Gasteiger partial charge in [-0.3, -0.25) is 0 Å². The predicted molar refractivity (Wildman–Crippen MR) is 73.4 cm³/mol. The third-order valence-electron chi connectivity index (χ3n) is 2.51. The molecule has 0 bridgehead atoms. The number of hydrogen-bond donors (Lipinski definition) is 1. The molecule has 1 aromatic carbocycles. The molecule has 0 radical (unpaired) electrons. The van der Waals surface area contributed by atoms with Crippen LogP contribution in [0.5, 0.6) is 0 Å². The summed E-state index contributed by atoms with van der Waals surface area (Å²) >= 11 is 8.78. The molecule has 0 aliphatic carbocycles. The van der Waals surface area contributed by atoms with Crippen LogP contribution in [0.2, 0.25) is 0 Å². The van der Waals surface area contributed by atoms with Crippen molar-refractivity contribution in [1.82, 2.24) is 14.5 Å². The summed E-state index contributed by atoms with van der Waals surface area (Å²) in [4.78, 5) is 5.37. The fourth-order valence-electron chi connectivity index (χ4n) is 1.66. The fourth-order valence-corrected chi connectivity index (χ4v) is 2.32. The van der Waals surface area contributed by atoms with Crippen LogP contribution < -0.4 is 0 Å². The van der Waals surface area contributed by atoms with E-state index in [1.807, 2.05) is 6.07 Å². The molecule has 0 unspecified atom stereocenters. The van der Waals surface area contributed by atoms with Crippen LogP contribution in [0, 0.1) is 4.77 Å². The number of H-pyrrole nitrogens is 1. The SMILES string of the molecule is CN(C)CCn1c(=S)[nH]c2cc(Br)ccc21. The highest BCUT2D eigenvalue weighted by molar-refractivity contribution is 9.10. The van der Waals surface area contributed by atoms with Gasteiger partial charge in [0.1, 0.15) is 0 Å². The van der Waals surface area contributed by atoms with Gasteiger partial charge in [0.05, 0.1) is 11.0 Å². The van der Waals surface area contributed by atoms with Crippen LogP contribution >= 0.6 is 28.1 Å². The van der Waals surface area contributed by atoms with Gasteiger partial charge in [-0.2, -0.15) is 0 Å². The van der Waals surface area contributed by atoms with Crippen molar-refractivity contribution >= 4 is 39.2 Å². The molecule has 3 nitrogen and oxygen atoms in total. The first-order chi connectivity index (χ1) is 7.58. The van der Waals surface area contributed by atoms with Crippen molar-refractivity contribution in [1.29, 1.82) is 0 Å². The van der Waals surface area contributed by atoms with Gasteiger partial charge in [0, 0.05) is 17.6 Å². The highest BCUT2D eigenvalue weighted by atomic mass is 79.9. The molecule has 2 rings (SSSR count). The molecule has 1 aromatic heterocycles. The predicted octanol–water partition coefficient (Wildman–Crippen LogP) is 3.02. The number of nitrogens with one attached hydrogen (secondary N) is 1. The average Bonchev–Trinajstić information content (AvgIpc) is 2.50. The van der Waals surface area contributed by atoms with E-state index in [4.69, 9.17) is 12.2 Å². The molecule has 1 N–H and O–H groups in total. The molecule has 5 heteroatoms. The molecule has 86 valence electrons. The van der Waals surface area contributed by atoms with E-state index in [2.05, 4.69) is 56.6 Å². The highest BCUT2D eigenvalue weighted by Gasteiger charge is 2.04. The molecule has 0 aliphatic rings. The number of imidazole rings is 1. The molecular weight excluding hydrogens is 286 g/mol. The highest BCUT2D eigenvalue weighted by Crippen LogP contribution is 2.19. The maximum atomic E-state index is 5.32. The summed E-state index contributed by atoms with van der Waals surface area (Å²) in [5, 5.41) is 0. The van der Waals surface area contributed by atoms with Gasteiger partial charge >= 0.3 is 0 Å². The number of nitrogens with zero attached hydrogens (tertiary/aromatic N) is 2. The Balaban J connectivity index is 2.44. The van der Waals surface area contributed by atoms with E-state index < -0.39 is 0 Å². The van der Waals surface area contributed by atoms with Crippen molar-refractivity contribution in [3.05, 3.63) is 27.4 Å². The molecule has 0 spiro atoms. The molecule has 0 saturated carbocycles. The van der Waals surface area contributed by atoms with Gasteiger partial charge in [-0.1, -0.05) is 15.9 Å². The Kier molecular flexibility index (Phi) is 3.47. The summed E-state index contributed by atoms with van der Waals surface area (Å²) in [7, 11) is 4.13. The van der Waals surface area contributed by atoms with E-state index in [9.17, 15) is 0 Å². The quantitative estimate of drug-likeness (QED) is 0.881. The average molecular weight is 300 g/mol. The number of likely N-dealkylation sites (N-methyl/N-ethyl adjacent to an activating group) is 1. The van der Waals surface area contributed by atoms with Crippen LogP contribution in [-0.2, 0) is 6.54 Å². The van der Waals surface area contributed by atoms with Crippen molar-refractivity contribution < 1.29 is 0 Å². The standard InChI is InChI=1S/C11H14BrN3S/c1-14(2)5-6-15-10-4-3-8(12)7-9(10)13-11(15)16/h3-4,7H,5-6H2,1-2H3,(H,13,16). The monoisotopic (exact) mass is 299 g/mol. The number of fused-ring (bicyclic) bond motifs is 1. The zero-order valence-electron chi connectivity index (χ0n) is 9.33.